The van der Waals surface area contributed by atoms with Crippen molar-refractivity contribution in [2.24, 2.45) is 5.92 Å². The van der Waals surface area contributed by atoms with E-state index in [0.29, 0.717) is 22.7 Å². The first-order valence-corrected chi connectivity index (χ1v) is 8.59. The van der Waals surface area contributed by atoms with Gasteiger partial charge in [-0.2, -0.15) is 0 Å². The van der Waals surface area contributed by atoms with Gasteiger partial charge in [-0.3, -0.25) is 4.90 Å². The van der Waals surface area contributed by atoms with Gasteiger partial charge in [0.05, 0.1) is 10.7 Å². The Balaban J connectivity index is 1.68. The number of amides is 2. The van der Waals surface area contributed by atoms with Crippen LogP contribution >= 0.6 is 11.6 Å². The zero-order valence-corrected chi connectivity index (χ0v) is 13.9. The van der Waals surface area contributed by atoms with E-state index < -0.39 is 0 Å². The Hall–Kier alpha value is -1.26. The highest BCUT2D eigenvalue weighted by atomic mass is 35.5. The molecular weight excluding hydrogens is 298 g/mol. The van der Waals surface area contributed by atoms with Crippen molar-refractivity contribution in [1.82, 2.24) is 9.80 Å². The summed E-state index contributed by atoms with van der Waals surface area (Å²) in [6.45, 7) is 6.18. The monoisotopic (exact) mass is 321 g/mol. The van der Waals surface area contributed by atoms with Gasteiger partial charge in [0.15, 0.2) is 0 Å². The van der Waals surface area contributed by atoms with Gasteiger partial charge in [0.1, 0.15) is 0 Å². The van der Waals surface area contributed by atoms with E-state index in [-0.39, 0.29) is 6.03 Å². The molecule has 1 aromatic carbocycles. The summed E-state index contributed by atoms with van der Waals surface area (Å²) in [5, 5.41) is 3.54. The standard InChI is InChI=1S/C17H24ClN3O/c1-2-9-20-10-13-7-8-14(20)12-21(11-13)17(22)19-16-6-4-3-5-15(16)18/h3-6,13-14H,2,7-12H2,1H3,(H,19,22)/t13-,14-/m0/s1. The Morgan fingerprint density at radius 2 is 2.09 bits per heavy atom. The molecule has 0 radical (unpaired) electrons. The van der Waals surface area contributed by atoms with E-state index in [1.165, 1.54) is 19.3 Å². The van der Waals surface area contributed by atoms with Gasteiger partial charge in [-0.25, -0.2) is 4.79 Å². The molecule has 3 aliphatic rings. The van der Waals surface area contributed by atoms with Crippen molar-refractivity contribution in [3.8, 4) is 0 Å². The maximum Gasteiger partial charge on any atom is 0.321 e. The van der Waals surface area contributed by atoms with E-state index in [4.69, 9.17) is 11.6 Å². The van der Waals surface area contributed by atoms with Crippen LogP contribution in [0.1, 0.15) is 26.2 Å². The van der Waals surface area contributed by atoms with Crippen molar-refractivity contribution in [2.75, 3.05) is 31.5 Å². The fraction of sp³-hybridized carbons (Fsp3) is 0.588. The molecule has 4 rings (SSSR count). The SMILES string of the molecule is CCCN1C[C@@H]2CC[C@H]1CN(C(=O)Nc1ccccc1Cl)C2. The number of urea groups is 1. The van der Waals surface area contributed by atoms with Crippen LogP contribution in [0.4, 0.5) is 10.5 Å². The van der Waals surface area contributed by atoms with Crippen LogP contribution < -0.4 is 5.32 Å². The first kappa shape index (κ1) is 15.6. The van der Waals surface area contributed by atoms with Crippen molar-refractivity contribution < 1.29 is 4.79 Å². The molecule has 3 heterocycles. The Kier molecular flexibility index (Phi) is 4.89. The average Bonchev–Trinajstić information content (AvgIpc) is 2.82. The molecule has 0 unspecified atom stereocenters. The number of nitrogens with zero attached hydrogens (tertiary/aromatic N) is 2. The van der Waals surface area contributed by atoms with Crippen LogP contribution in [0.5, 0.6) is 0 Å². The smallest absolute Gasteiger partial charge is 0.321 e. The lowest BCUT2D eigenvalue weighted by atomic mass is 9.95. The molecule has 1 N–H and O–H groups in total. The number of rotatable bonds is 3. The van der Waals surface area contributed by atoms with Crippen molar-refractivity contribution in [3.05, 3.63) is 29.3 Å². The molecule has 3 fully saturated rings. The Morgan fingerprint density at radius 1 is 1.27 bits per heavy atom. The van der Waals surface area contributed by atoms with Gasteiger partial charge in [0.25, 0.3) is 0 Å². The van der Waals surface area contributed by atoms with E-state index >= 15 is 0 Å². The summed E-state index contributed by atoms with van der Waals surface area (Å²) in [6, 6.07) is 7.88. The molecule has 0 saturated carbocycles. The number of piperidine rings is 1. The predicted octanol–water partition coefficient (Wildman–Crippen LogP) is 3.68. The van der Waals surface area contributed by atoms with Crippen molar-refractivity contribution in [2.45, 2.75) is 32.2 Å². The second kappa shape index (κ2) is 6.88. The zero-order chi connectivity index (χ0) is 15.5. The Labute approximate surface area is 137 Å². The van der Waals surface area contributed by atoms with E-state index in [2.05, 4.69) is 17.1 Å². The van der Waals surface area contributed by atoms with E-state index in [0.717, 1.165) is 26.2 Å². The van der Waals surface area contributed by atoms with Gasteiger partial charge >= 0.3 is 6.03 Å². The maximum absolute atomic E-state index is 12.6. The van der Waals surface area contributed by atoms with Gasteiger partial charge in [-0.15, -0.1) is 0 Å². The van der Waals surface area contributed by atoms with Crippen molar-refractivity contribution >= 4 is 23.3 Å². The molecular formula is C17H24ClN3O. The molecule has 3 aliphatic heterocycles. The fourth-order valence-corrected chi connectivity index (χ4v) is 3.85. The highest BCUT2D eigenvalue weighted by Crippen LogP contribution is 2.29. The Bertz CT molecular complexity index is 536. The van der Waals surface area contributed by atoms with Gasteiger partial charge < -0.3 is 10.2 Å². The van der Waals surface area contributed by atoms with Crippen molar-refractivity contribution in [3.63, 3.8) is 0 Å². The minimum atomic E-state index is -0.0247. The van der Waals surface area contributed by atoms with E-state index in [1.54, 1.807) is 6.07 Å². The Morgan fingerprint density at radius 3 is 2.86 bits per heavy atom. The van der Waals surface area contributed by atoms with Gasteiger partial charge in [0.2, 0.25) is 0 Å². The van der Waals surface area contributed by atoms with Gasteiger partial charge in [-0.1, -0.05) is 30.7 Å². The van der Waals surface area contributed by atoms with E-state index in [9.17, 15) is 4.79 Å². The summed E-state index contributed by atoms with van der Waals surface area (Å²) in [4.78, 5) is 17.1. The quantitative estimate of drug-likeness (QED) is 0.921. The predicted molar refractivity (Wildman–Crippen MR) is 90.4 cm³/mol. The summed E-state index contributed by atoms with van der Waals surface area (Å²) < 4.78 is 0. The van der Waals surface area contributed by atoms with Crippen LogP contribution in [0.25, 0.3) is 0 Å². The molecule has 1 aromatic rings. The van der Waals surface area contributed by atoms with Crippen LogP contribution in [-0.2, 0) is 0 Å². The molecule has 2 atom stereocenters. The third kappa shape index (κ3) is 3.39. The molecule has 120 valence electrons. The largest absolute Gasteiger partial charge is 0.323 e. The first-order valence-electron chi connectivity index (χ1n) is 8.22. The molecule has 2 bridgehead atoms. The molecule has 2 amide bonds. The second-order valence-corrected chi connectivity index (χ2v) is 6.81. The average molecular weight is 322 g/mol. The number of para-hydroxylation sites is 1. The number of nitrogens with one attached hydrogen (secondary N) is 1. The third-order valence-corrected chi connectivity index (χ3v) is 5.07. The summed E-state index contributed by atoms with van der Waals surface area (Å²) in [7, 11) is 0. The number of carbonyl (C=O) groups is 1. The molecule has 0 aliphatic carbocycles. The number of benzene rings is 1. The minimum Gasteiger partial charge on any atom is -0.323 e. The zero-order valence-electron chi connectivity index (χ0n) is 13.1. The summed E-state index contributed by atoms with van der Waals surface area (Å²) in [5.74, 6) is 0.599. The minimum absolute atomic E-state index is 0.0247. The molecule has 0 aromatic heterocycles. The summed E-state index contributed by atoms with van der Waals surface area (Å²) in [5.41, 5.74) is 0.691. The second-order valence-electron chi connectivity index (χ2n) is 6.41. The highest BCUT2D eigenvalue weighted by Gasteiger charge is 2.35. The van der Waals surface area contributed by atoms with Crippen LogP contribution in [0, 0.1) is 5.92 Å². The lowest BCUT2D eigenvalue weighted by Gasteiger charge is -2.35. The van der Waals surface area contributed by atoms with E-state index in [1.807, 2.05) is 23.1 Å². The molecule has 5 heteroatoms. The normalized spacial score (nSPS) is 25.1. The number of fused-ring (bicyclic) bond motifs is 4. The van der Waals surface area contributed by atoms with Gasteiger partial charge in [0, 0.05) is 25.7 Å². The van der Waals surface area contributed by atoms with Gasteiger partial charge in [-0.05, 0) is 43.9 Å². The maximum atomic E-state index is 12.6. The lowest BCUT2D eigenvalue weighted by Crippen LogP contribution is -2.45. The van der Waals surface area contributed by atoms with Crippen LogP contribution in [-0.4, -0.2) is 48.1 Å². The topological polar surface area (TPSA) is 35.6 Å². The molecule has 0 spiro atoms. The van der Waals surface area contributed by atoms with Crippen LogP contribution in [0.3, 0.4) is 0 Å². The van der Waals surface area contributed by atoms with Crippen molar-refractivity contribution in [1.29, 1.82) is 0 Å². The first-order chi connectivity index (χ1) is 10.7. The third-order valence-electron chi connectivity index (χ3n) is 4.74. The molecule has 22 heavy (non-hydrogen) atoms. The number of hydrogen-bond donors (Lipinski definition) is 1. The number of hydrogen-bond acceptors (Lipinski definition) is 2. The fourth-order valence-electron chi connectivity index (χ4n) is 3.66. The van der Waals surface area contributed by atoms with Crippen LogP contribution in [0.2, 0.25) is 5.02 Å². The number of anilines is 1. The summed E-state index contributed by atoms with van der Waals surface area (Å²) in [6.07, 6.45) is 3.62. The number of carbonyl (C=O) groups excluding carboxylic acids is 1. The molecule has 3 saturated heterocycles. The molecule has 4 nitrogen and oxygen atoms in total. The highest BCUT2D eigenvalue weighted by molar-refractivity contribution is 6.33. The van der Waals surface area contributed by atoms with Crippen LogP contribution in [0.15, 0.2) is 24.3 Å². The summed E-state index contributed by atoms with van der Waals surface area (Å²) >= 11 is 6.13. The number of halogens is 1. The lowest BCUT2D eigenvalue weighted by molar-refractivity contribution is 0.132.